The molecule has 0 radical (unpaired) electrons. The SMILES string of the molecule is CCOC(=O)/C=C1\SC(N2CCCCC2)C(=O)N1CC. The number of thioether (sulfide) groups is 1. The van der Waals surface area contributed by atoms with Gasteiger partial charge in [-0.3, -0.25) is 9.69 Å². The summed E-state index contributed by atoms with van der Waals surface area (Å²) in [6.45, 7) is 6.57. The summed E-state index contributed by atoms with van der Waals surface area (Å²) in [5, 5.41) is 0.544. The van der Waals surface area contributed by atoms with E-state index in [0.717, 1.165) is 25.9 Å². The number of esters is 1. The molecule has 0 spiro atoms. The van der Waals surface area contributed by atoms with E-state index in [4.69, 9.17) is 4.74 Å². The Morgan fingerprint density at radius 3 is 2.65 bits per heavy atom. The van der Waals surface area contributed by atoms with Crippen LogP contribution in [0.25, 0.3) is 0 Å². The van der Waals surface area contributed by atoms with E-state index in [1.807, 2.05) is 6.92 Å². The van der Waals surface area contributed by atoms with Gasteiger partial charge < -0.3 is 9.64 Å². The van der Waals surface area contributed by atoms with Crippen LogP contribution in [0.2, 0.25) is 0 Å². The quantitative estimate of drug-likeness (QED) is 0.585. The van der Waals surface area contributed by atoms with E-state index in [1.165, 1.54) is 24.3 Å². The molecule has 0 bridgehead atoms. The third-order valence-corrected chi connectivity index (χ3v) is 4.84. The monoisotopic (exact) mass is 298 g/mol. The summed E-state index contributed by atoms with van der Waals surface area (Å²) in [6, 6.07) is 0. The van der Waals surface area contributed by atoms with Crippen molar-refractivity contribution in [3.05, 3.63) is 11.1 Å². The van der Waals surface area contributed by atoms with Crippen LogP contribution in [0.15, 0.2) is 11.1 Å². The molecule has 2 rings (SSSR count). The van der Waals surface area contributed by atoms with Crippen molar-refractivity contribution >= 4 is 23.6 Å². The average molecular weight is 298 g/mol. The maximum Gasteiger partial charge on any atom is 0.333 e. The lowest BCUT2D eigenvalue weighted by molar-refractivity contribution is -0.137. The number of likely N-dealkylation sites (N-methyl/N-ethyl adjacent to an activating group) is 1. The first-order valence-electron chi connectivity index (χ1n) is 7.28. The molecule has 112 valence electrons. The van der Waals surface area contributed by atoms with E-state index in [-0.39, 0.29) is 17.3 Å². The first-order chi connectivity index (χ1) is 9.67. The van der Waals surface area contributed by atoms with E-state index in [1.54, 1.807) is 11.8 Å². The van der Waals surface area contributed by atoms with Gasteiger partial charge in [0.2, 0.25) is 0 Å². The van der Waals surface area contributed by atoms with Gasteiger partial charge in [-0.25, -0.2) is 4.79 Å². The molecule has 1 atom stereocenters. The van der Waals surface area contributed by atoms with Gasteiger partial charge in [0.15, 0.2) is 0 Å². The second-order valence-electron chi connectivity index (χ2n) is 4.88. The second-order valence-corrected chi connectivity index (χ2v) is 5.98. The van der Waals surface area contributed by atoms with Crippen molar-refractivity contribution in [3.8, 4) is 0 Å². The molecule has 0 aromatic carbocycles. The maximum atomic E-state index is 12.5. The molecule has 2 aliphatic rings. The zero-order valence-corrected chi connectivity index (χ0v) is 12.9. The summed E-state index contributed by atoms with van der Waals surface area (Å²) in [5.41, 5.74) is 0. The van der Waals surface area contributed by atoms with Crippen molar-refractivity contribution < 1.29 is 14.3 Å². The van der Waals surface area contributed by atoms with Gasteiger partial charge in [0, 0.05) is 6.54 Å². The Bertz CT molecular complexity index is 405. The minimum absolute atomic E-state index is 0.0925. The normalized spacial score (nSPS) is 26.3. The number of hydrogen-bond acceptors (Lipinski definition) is 5. The Morgan fingerprint density at radius 1 is 1.35 bits per heavy atom. The first kappa shape index (κ1) is 15.4. The summed E-state index contributed by atoms with van der Waals surface area (Å²) >= 11 is 1.47. The summed E-state index contributed by atoms with van der Waals surface area (Å²) in [4.78, 5) is 28.0. The van der Waals surface area contributed by atoms with Crippen molar-refractivity contribution in [3.63, 3.8) is 0 Å². The van der Waals surface area contributed by atoms with E-state index >= 15 is 0 Å². The predicted octanol–water partition coefficient (Wildman–Crippen LogP) is 1.80. The number of hydrogen-bond donors (Lipinski definition) is 0. The number of carbonyl (C=O) groups excluding carboxylic acids is 2. The highest BCUT2D eigenvalue weighted by Crippen LogP contribution is 2.37. The number of carbonyl (C=O) groups is 2. The fraction of sp³-hybridized carbons (Fsp3) is 0.714. The molecule has 2 heterocycles. The Labute approximate surface area is 124 Å². The van der Waals surface area contributed by atoms with Gasteiger partial charge in [0.25, 0.3) is 5.91 Å². The summed E-state index contributed by atoms with van der Waals surface area (Å²) in [5.74, 6) is -0.282. The fourth-order valence-electron chi connectivity index (χ4n) is 2.56. The van der Waals surface area contributed by atoms with E-state index in [0.29, 0.717) is 18.2 Å². The highest BCUT2D eigenvalue weighted by Gasteiger charge is 2.40. The van der Waals surface area contributed by atoms with Gasteiger partial charge in [-0.2, -0.15) is 0 Å². The lowest BCUT2D eigenvalue weighted by atomic mass is 10.1. The molecule has 0 aromatic heterocycles. The van der Waals surface area contributed by atoms with Crippen LogP contribution in [0.3, 0.4) is 0 Å². The minimum atomic E-state index is -0.374. The molecule has 0 aromatic rings. The first-order valence-corrected chi connectivity index (χ1v) is 8.15. The molecule has 20 heavy (non-hydrogen) atoms. The zero-order valence-electron chi connectivity index (χ0n) is 12.1. The molecule has 0 saturated carbocycles. The number of likely N-dealkylation sites (tertiary alicyclic amines) is 1. The molecular formula is C14H22N2O3S. The van der Waals surface area contributed by atoms with E-state index in [2.05, 4.69) is 4.90 Å². The minimum Gasteiger partial charge on any atom is -0.463 e. The standard InChI is InChI=1S/C14H22N2O3S/c1-3-16-11(10-12(17)19-4-2)20-14(13(16)18)15-8-6-5-7-9-15/h10,14H,3-9H2,1-2H3/b11-10-. The molecule has 2 saturated heterocycles. The highest BCUT2D eigenvalue weighted by molar-refractivity contribution is 8.04. The van der Waals surface area contributed by atoms with Crippen molar-refractivity contribution in [2.24, 2.45) is 0 Å². The fourth-order valence-corrected chi connectivity index (χ4v) is 3.89. The largest absolute Gasteiger partial charge is 0.463 e. The van der Waals surface area contributed by atoms with Crippen LogP contribution < -0.4 is 0 Å². The number of rotatable bonds is 4. The van der Waals surface area contributed by atoms with Crippen LogP contribution in [0.1, 0.15) is 33.1 Å². The van der Waals surface area contributed by atoms with Crippen LogP contribution in [0.5, 0.6) is 0 Å². The number of piperidine rings is 1. The summed E-state index contributed by atoms with van der Waals surface area (Å²) in [7, 11) is 0. The van der Waals surface area contributed by atoms with Crippen molar-refractivity contribution in [2.45, 2.75) is 38.5 Å². The lowest BCUT2D eigenvalue weighted by Gasteiger charge is -2.29. The Balaban J connectivity index is 2.10. The molecule has 1 amide bonds. The van der Waals surface area contributed by atoms with Gasteiger partial charge in [-0.05, 0) is 39.8 Å². The third-order valence-electron chi connectivity index (χ3n) is 3.54. The van der Waals surface area contributed by atoms with Crippen LogP contribution in [0, 0.1) is 0 Å². The molecular weight excluding hydrogens is 276 g/mol. The topological polar surface area (TPSA) is 49.9 Å². The van der Waals surface area contributed by atoms with Gasteiger partial charge in [-0.1, -0.05) is 18.2 Å². The van der Waals surface area contributed by atoms with Crippen LogP contribution in [-0.2, 0) is 14.3 Å². The Morgan fingerprint density at radius 2 is 2.05 bits per heavy atom. The smallest absolute Gasteiger partial charge is 0.333 e. The summed E-state index contributed by atoms with van der Waals surface area (Å²) in [6.07, 6.45) is 4.98. The van der Waals surface area contributed by atoms with E-state index < -0.39 is 0 Å². The van der Waals surface area contributed by atoms with Crippen molar-refractivity contribution in [1.82, 2.24) is 9.80 Å². The Kier molecular flexibility index (Phi) is 5.48. The van der Waals surface area contributed by atoms with Crippen molar-refractivity contribution in [1.29, 1.82) is 0 Å². The molecule has 2 fully saturated rings. The zero-order chi connectivity index (χ0) is 14.5. The summed E-state index contributed by atoms with van der Waals surface area (Å²) < 4.78 is 4.93. The number of amides is 1. The second kappa shape index (κ2) is 7.13. The molecule has 0 N–H and O–H groups in total. The average Bonchev–Trinajstić information content (AvgIpc) is 2.76. The highest BCUT2D eigenvalue weighted by atomic mass is 32.2. The predicted molar refractivity (Wildman–Crippen MR) is 78.9 cm³/mol. The Hall–Kier alpha value is -1.01. The lowest BCUT2D eigenvalue weighted by Crippen LogP contribution is -2.43. The van der Waals surface area contributed by atoms with Gasteiger partial charge >= 0.3 is 5.97 Å². The van der Waals surface area contributed by atoms with Gasteiger partial charge in [0.05, 0.1) is 17.7 Å². The molecule has 0 aliphatic carbocycles. The third kappa shape index (κ3) is 3.35. The molecule has 6 heteroatoms. The van der Waals surface area contributed by atoms with Gasteiger partial charge in [0.1, 0.15) is 5.37 Å². The van der Waals surface area contributed by atoms with Crippen molar-refractivity contribution in [2.75, 3.05) is 26.2 Å². The van der Waals surface area contributed by atoms with Crippen LogP contribution in [-0.4, -0.2) is 53.3 Å². The molecule has 2 aliphatic heterocycles. The number of ether oxygens (including phenoxy) is 1. The number of nitrogens with zero attached hydrogens (tertiary/aromatic N) is 2. The van der Waals surface area contributed by atoms with Gasteiger partial charge in [-0.15, -0.1) is 0 Å². The van der Waals surface area contributed by atoms with Crippen LogP contribution >= 0.6 is 11.8 Å². The maximum absolute atomic E-state index is 12.5. The van der Waals surface area contributed by atoms with Crippen LogP contribution in [0.4, 0.5) is 0 Å². The van der Waals surface area contributed by atoms with E-state index in [9.17, 15) is 9.59 Å². The molecule has 1 unspecified atom stereocenters. The molecule has 5 nitrogen and oxygen atoms in total.